The molecule has 4 unspecified atom stereocenters. The van der Waals surface area contributed by atoms with Crippen LogP contribution in [0.25, 0.3) is 0 Å². The molecule has 2 heterocycles. The second-order valence-electron chi connectivity index (χ2n) is 8.64. The number of nitrogens with zero attached hydrogens (tertiary/aromatic N) is 1. The number of hydrogen-bond acceptors (Lipinski definition) is 4. The Morgan fingerprint density at radius 1 is 1.08 bits per heavy atom. The number of Topliss-reactive ketones (excluding diaryl/α,β-unsaturated/α-hetero) is 1. The molecule has 2 aliphatic heterocycles. The number of rotatable bonds is 5. The fraction of sp³-hybridized carbons (Fsp3) is 0.952. The summed E-state index contributed by atoms with van der Waals surface area (Å²) in [6.07, 6.45) is 7.31. The van der Waals surface area contributed by atoms with Crippen molar-refractivity contribution in [1.82, 2.24) is 10.2 Å². The summed E-state index contributed by atoms with van der Waals surface area (Å²) in [4.78, 5) is 15.2. The zero-order chi connectivity index (χ0) is 17.8. The number of carbonyl (C=O) groups is 1. The van der Waals surface area contributed by atoms with Gasteiger partial charge in [0.25, 0.3) is 0 Å². The molecular formula is C21H38N2O2. The van der Waals surface area contributed by atoms with Gasteiger partial charge in [-0.1, -0.05) is 13.8 Å². The maximum Gasteiger partial charge on any atom is 0.133 e. The number of ketones is 1. The minimum atomic E-state index is 0.257. The third kappa shape index (κ3) is 4.45. The molecule has 3 rings (SSSR count). The van der Waals surface area contributed by atoms with E-state index < -0.39 is 0 Å². The van der Waals surface area contributed by atoms with Crippen LogP contribution in [0.3, 0.4) is 0 Å². The summed E-state index contributed by atoms with van der Waals surface area (Å²) in [5, 5.41) is 3.50. The molecule has 0 amide bonds. The van der Waals surface area contributed by atoms with Crippen LogP contribution in [0, 0.1) is 23.7 Å². The standard InChI is InChI=1S/C21H38N2O2/c1-4-23(19-7-11-25-12-8-19)21-14-18(17-5-9-22-10-6-17)13-20(15(21)2)16(3)24/h15,17-22H,4-14H2,1-3H3. The van der Waals surface area contributed by atoms with Crippen LogP contribution >= 0.6 is 0 Å². The van der Waals surface area contributed by atoms with Gasteiger partial charge >= 0.3 is 0 Å². The molecule has 1 aliphatic carbocycles. The Hall–Kier alpha value is -0.450. The Morgan fingerprint density at radius 3 is 2.36 bits per heavy atom. The van der Waals surface area contributed by atoms with E-state index in [0.29, 0.717) is 23.8 Å². The van der Waals surface area contributed by atoms with E-state index in [9.17, 15) is 4.79 Å². The van der Waals surface area contributed by atoms with E-state index >= 15 is 0 Å². The maximum absolute atomic E-state index is 12.4. The van der Waals surface area contributed by atoms with Crippen molar-refractivity contribution < 1.29 is 9.53 Å². The minimum absolute atomic E-state index is 0.257. The molecule has 4 nitrogen and oxygen atoms in total. The number of nitrogens with one attached hydrogen (secondary N) is 1. The molecule has 3 fully saturated rings. The average molecular weight is 351 g/mol. The van der Waals surface area contributed by atoms with Crippen molar-refractivity contribution in [2.45, 2.75) is 71.4 Å². The average Bonchev–Trinajstić information content (AvgIpc) is 2.65. The smallest absolute Gasteiger partial charge is 0.133 e. The van der Waals surface area contributed by atoms with Crippen LogP contribution in [0.2, 0.25) is 0 Å². The van der Waals surface area contributed by atoms with Gasteiger partial charge in [0, 0.05) is 31.2 Å². The Bertz CT molecular complexity index is 430. The van der Waals surface area contributed by atoms with E-state index in [0.717, 1.165) is 63.9 Å². The topological polar surface area (TPSA) is 41.6 Å². The molecule has 1 N–H and O–H groups in total. The van der Waals surface area contributed by atoms with Crippen LogP contribution in [0.15, 0.2) is 0 Å². The van der Waals surface area contributed by atoms with Gasteiger partial charge in [-0.2, -0.15) is 0 Å². The predicted octanol–water partition coefficient (Wildman–Crippen LogP) is 3.11. The van der Waals surface area contributed by atoms with E-state index in [1.54, 1.807) is 0 Å². The van der Waals surface area contributed by atoms with Crippen LogP contribution in [-0.4, -0.2) is 55.6 Å². The van der Waals surface area contributed by atoms with Crippen molar-refractivity contribution >= 4 is 5.78 Å². The van der Waals surface area contributed by atoms with Crippen molar-refractivity contribution in [1.29, 1.82) is 0 Å². The van der Waals surface area contributed by atoms with E-state index in [1.807, 2.05) is 6.92 Å². The molecule has 0 aromatic rings. The first-order valence-electron chi connectivity index (χ1n) is 10.7. The highest BCUT2D eigenvalue weighted by atomic mass is 16.5. The van der Waals surface area contributed by atoms with E-state index in [-0.39, 0.29) is 5.92 Å². The molecule has 0 aromatic carbocycles. The monoisotopic (exact) mass is 350 g/mol. The number of ether oxygens (including phenoxy) is 1. The lowest BCUT2D eigenvalue weighted by atomic mass is 9.64. The van der Waals surface area contributed by atoms with Gasteiger partial charge in [-0.05, 0) is 82.8 Å². The molecule has 4 atom stereocenters. The molecule has 2 saturated heterocycles. The molecule has 0 aromatic heterocycles. The summed E-state index contributed by atoms with van der Waals surface area (Å²) in [5.74, 6) is 2.70. The fourth-order valence-electron chi connectivity index (χ4n) is 5.88. The van der Waals surface area contributed by atoms with Gasteiger partial charge in [0.1, 0.15) is 5.78 Å². The molecule has 4 heteroatoms. The third-order valence-electron chi connectivity index (χ3n) is 7.37. The van der Waals surface area contributed by atoms with Gasteiger partial charge in [-0.3, -0.25) is 9.69 Å². The zero-order valence-electron chi connectivity index (χ0n) is 16.5. The van der Waals surface area contributed by atoms with Crippen molar-refractivity contribution in [3.63, 3.8) is 0 Å². The van der Waals surface area contributed by atoms with Crippen molar-refractivity contribution in [3.8, 4) is 0 Å². The van der Waals surface area contributed by atoms with Gasteiger partial charge in [0.15, 0.2) is 0 Å². The molecular weight excluding hydrogens is 312 g/mol. The minimum Gasteiger partial charge on any atom is -0.381 e. The Morgan fingerprint density at radius 2 is 1.76 bits per heavy atom. The lowest BCUT2D eigenvalue weighted by molar-refractivity contribution is -0.127. The predicted molar refractivity (Wildman–Crippen MR) is 102 cm³/mol. The molecule has 3 aliphatic rings. The lowest BCUT2D eigenvalue weighted by Crippen LogP contribution is -2.54. The molecule has 0 radical (unpaired) electrons. The SMILES string of the molecule is CCN(C1CCOCC1)C1CC(C2CCNCC2)CC(C(C)=O)C1C. The van der Waals surface area contributed by atoms with Gasteiger partial charge in [0.2, 0.25) is 0 Å². The van der Waals surface area contributed by atoms with E-state index in [4.69, 9.17) is 4.74 Å². The number of hydrogen-bond donors (Lipinski definition) is 1. The Kier molecular flexibility index (Phi) is 6.93. The van der Waals surface area contributed by atoms with Crippen LogP contribution in [0.5, 0.6) is 0 Å². The summed E-state index contributed by atoms with van der Waals surface area (Å²) in [7, 11) is 0. The Balaban J connectivity index is 1.77. The molecule has 1 saturated carbocycles. The number of piperidine rings is 1. The van der Waals surface area contributed by atoms with E-state index in [1.165, 1.54) is 19.3 Å². The molecule has 0 bridgehead atoms. The van der Waals surface area contributed by atoms with Crippen LogP contribution in [0.4, 0.5) is 0 Å². The zero-order valence-corrected chi connectivity index (χ0v) is 16.5. The molecule has 0 spiro atoms. The highest BCUT2D eigenvalue weighted by molar-refractivity contribution is 5.78. The third-order valence-corrected chi connectivity index (χ3v) is 7.37. The summed E-state index contributed by atoms with van der Waals surface area (Å²) in [5.41, 5.74) is 0. The quantitative estimate of drug-likeness (QED) is 0.827. The number of carbonyl (C=O) groups excluding carboxylic acids is 1. The lowest BCUT2D eigenvalue weighted by Gasteiger charge is -2.50. The summed E-state index contributed by atoms with van der Waals surface area (Å²) >= 11 is 0. The molecule has 144 valence electrons. The van der Waals surface area contributed by atoms with Crippen LogP contribution < -0.4 is 5.32 Å². The molecule has 25 heavy (non-hydrogen) atoms. The van der Waals surface area contributed by atoms with E-state index in [2.05, 4.69) is 24.1 Å². The first-order chi connectivity index (χ1) is 12.1. The highest BCUT2D eigenvalue weighted by Gasteiger charge is 2.43. The van der Waals surface area contributed by atoms with Crippen LogP contribution in [-0.2, 0) is 9.53 Å². The van der Waals surface area contributed by atoms with Gasteiger partial charge < -0.3 is 10.1 Å². The van der Waals surface area contributed by atoms with Crippen molar-refractivity contribution in [2.24, 2.45) is 23.7 Å². The summed E-state index contributed by atoms with van der Waals surface area (Å²) in [6, 6.07) is 1.21. The fourth-order valence-corrected chi connectivity index (χ4v) is 5.88. The van der Waals surface area contributed by atoms with Crippen LogP contribution in [0.1, 0.15) is 59.3 Å². The van der Waals surface area contributed by atoms with Crippen molar-refractivity contribution in [2.75, 3.05) is 32.8 Å². The Labute approximate surface area is 154 Å². The highest BCUT2D eigenvalue weighted by Crippen LogP contribution is 2.43. The van der Waals surface area contributed by atoms with Gasteiger partial charge in [-0.15, -0.1) is 0 Å². The van der Waals surface area contributed by atoms with Gasteiger partial charge in [0.05, 0.1) is 0 Å². The maximum atomic E-state index is 12.4. The largest absolute Gasteiger partial charge is 0.381 e. The summed E-state index contributed by atoms with van der Waals surface area (Å²) in [6.45, 7) is 11.7. The van der Waals surface area contributed by atoms with Gasteiger partial charge in [-0.25, -0.2) is 0 Å². The second kappa shape index (κ2) is 8.96. The second-order valence-corrected chi connectivity index (χ2v) is 8.64. The normalized spacial score (nSPS) is 35.8. The first-order valence-corrected chi connectivity index (χ1v) is 10.7. The van der Waals surface area contributed by atoms with Crippen molar-refractivity contribution in [3.05, 3.63) is 0 Å². The summed E-state index contributed by atoms with van der Waals surface area (Å²) < 4.78 is 5.60. The first kappa shape index (κ1) is 19.3.